The Bertz CT molecular complexity index is 231. The second-order valence-electron chi connectivity index (χ2n) is 5.47. The molecule has 0 bridgehead atoms. The van der Waals surface area contributed by atoms with Gasteiger partial charge in [-0.15, -0.1) is 0 Å². The Morgan fingerprint density at radius 1 is 1.35 bits per heavy atom. The fraction of sp³-hybridized carbons (Fsp3) is 1.00. The number of nitrogens with two attached hydrogens (primary N) is 1. The Morgan fingerprint density at radius 3 is 2.82 bits per heavy atom. The summed E-state index contributed by atoms with van der Waals surface area (Å²) in [4.78, 5) is 2.54. The van der Waals surface area contributed by atoms with E-state index >= 15 is 0 Å². The van der Waals surface area contributed by atoms with Crippen LogP contribution in [0.25, 0.3) is 0 Å². The van der Waals surface area contributed by atoms with E-state index in [4.69, 9.17) is 15.2 Å². The van der Waals surface area contributed by atoms with Crippen molar-refractivity contribution in [1.82, 2.24) is 4.90 Å². The van der Waals surface area contributed by atoms with Gasteiger partial charge in [-0.2, -0.15) is 0 Å². The van der Waals surface area contributed by atoms with Crippen molar-refractivity contribution in [3.05, 3.63) is 0 Å². The monoisotopic (exact) mass is 242 g/mol. The Balaban J connectivity index is 1.99. The SMILES string of the molecule is CC1CN(C(CN)C2CCCOC2)C(C)CO1. The first-order valence-electron chi connectivity index (χ1n) is 6.87. The van der Waals surface area contributed by atoms with Gasteiger partial charge in [0.25, 0.3) is 0 Å². The van der Waals surface area contributed by atoms with E-state index in [-0.39, 0.29) is 0 Å². The molecule has 2 N–H and O–H groups in total. The first-order chi connectivity index (χ1) is 8.22. The molecule has 0 aromatic carbocycles. The fourth-order valence-corrected chi connectivity index (χ4v) is 3.06. The van der Waals surface area contributed by atoms with E-state index in [0.717, 1.165) is 32.9 Å². The smallest absolute Gasteiger partial charge is 0.0674 e. The summed E-state index contributed by atoms with van der Waals surface area (Å²) >= 11 is 0. The number of hydrogen-bond donors (Lipinski definition) is 1. The molecule has 0 aromatic rings. The predicted octanol–water partition coefficient (Wildman–Crippen LogP) is 0.850. The molecule has 0 aromatic heterocycles. The van der Waals surface area contributed by atoms with Gasteiger partial charge in [-0.3, -0.25) is 4.90 Å². The van der Waals surface area contributed by atoms with Gasteiger partial charge in [0.2, 0.25) is 0 Å². The molecule has 2 heterocycles. The van der Waals surface area contributed by atoms with E-state index < -0.39 is 0 Å². The van der Waals surface area contributed by atoms with Crippen LogP contribution in [-0.2, 0) is 9.47 Å². The third-order valence-corrected chi connectivity index (χ3v) is 4.06. The van der Waals surface area contributed by atoms with Crippen LogP contribution in [0.4, 0.5) is 0 Å². The standard InChI is InChI=1S/C13H26N2O2/c1-10-8-17-11(2)7-15(10)13(6-14)12-4-3-5-16-9-12/h10-13H,3-9,14H2,1-2H3. The molecule has 4 unspecified atom stereocenters. The quantitative estimate of drug-likeness (QED) is 0.797. The summed E-state index contributed by atoms with van der Waals surface area (Å²) in [6.45, 7) is 8.72. The van der Waals surface area contributed by atoms with Crippen LogP contribution in [0, 0.1) is 5.92 Å². The highest BCUT2D eigenvalue weighted by molar-refractivity contribution is 4.87. The average Bonchev–Trinajstić information content (AvgIpc) is 2.36. The summed E-state index contributed by atoms with van der Waals surface area (Å²) in [5.41, 5.74) is 6.00. The maximum atomic E-state index is 6.00. The molecule has 4 nitrogen and oxygen atoms in total. The van der Waals surface area contributed by atoms with Crippen LogP contribution in [0.1, 0.15) is 26.7 Å². The molecule has 0 spiro atoms. The molecule has 0 aliphatic carbocycles. The Kier molecular flexibility index (Phi) is 4.79. The van der Waals surface area contributed by atoms with Gasteiger partial charge < -0.3 is 15.2 Å². The fourth-order valence-electron chi connectivity index (χ4n) is 3.06. The zero-order chi connectivity index (χ0) is 12.3. The molecule has 4 atom stereocenters. The molecule has 4 heteroatoms. The minimum atomic E-state index is 0.324. The topological polar surface area (TPSA) is 47.7 Å². The van der Waals surface area contributed by atoms with E-state index in [1.807, 2.05) is 0 Å². The maximum absolute atomic E-state index is 6.00. The molecular weight excluding hydrogens is 216 g/mol. The Morgan fingerprint density at radius 2 is 2.18 bits per heavy atom. The third kappa shape index (κ3) is 3.19. The van der Waals surface area contributed by atoms with Crippen molar-refractivity contribution in [3.8, 4) is 0 Å². The molecule has 2 aliphatic rings. The third-order valence-electron chi connectivity index (χ3n) is 4.06. The van der Waals surface area contributed by atoms with Crippen molar-refractivity contribution in [3.63, 3.8) is 0 Å². The summed E-state index contributed by atoms with van der Waals surface area (Å²) in [6.07, 6.45) is 2.75. The van der Waals surface area contributed by atoms with Crippen LogP contribution in [0.3, 0.4) is 0 Å². The first-order valence-corrected chi connectivity index (χ1v) is 6.87. The zero-order valence-electron chi connectivity index (χ0n) is 11.1. The lowest BCUT2D eigenvalue weighted by atomic mass is 9.91. The lowest BCUT2D eigenvalue weighted by Crippen LogP contribution is -2.57. The van der Waals surface area contributed by atoms with Gasteiger partial charge in [0, 0.05) is 31.8 Å². The maximum Gasteiger partial charge on any atom is 0.0674 e. The van der Waals surface area contributed by atoms with Crippen LogP contribution in [0.5, 0.6) is 0 Å². The van der Waals surface area contributed by atoms with Crippen LogP contribution >= 0.6 is 0 Å². The van der Waals surface area contributed by atoms with Crippen molar-refractivity contribution in [2.45, 2.75) is 44.9 Å². The van der Waals surface area contributed by atoms with Crippen molar-refractivity contribution in [2.24, 2.45) is 11.7 Å². The summed E-state index contributed by atoms with van der Waals surface area (Å²) in [7, 11) is 0. The van der Waals surface area contributed by atoms with E-state index in [9.17, 15) is 0 Å². The van der Waals surface area contributed by atoms with E-state index in [0.29, 0.717) is 24.1 Å². The minimum absolute atomic E-state index is 0.324. The minimum Gasteiger partial charge on any atom is -0.381 e. The van der Waals surface area contributed by atoms with E-state index in [1.165, 1.54) is 12.8 Å². The number of ether oxygens (including phenoxy) is 2. The van der Waals surface area contributed by atoms with Gasteiger partial charge in [0.05, 0.1) is 19.3 Å². The largest absolute Gasteiger partial charge is 0.381 e. The molecule has 2 aliphatic heterocycles. The molecular formula is C13H26N2O2. The number of hydrogen-bond acceptors (Lipinski definition) is 4. The number of nitrogens with zero attached hydrogens (tertiary/aromatic N) is 1. The van der Waals surface area contributed by atoms with E-state index in [2.05, 4.69) is 18.7 Å². The predicted molar refractivity (Wildman–Crippen MR) is 68.0 cm³/mol. The van der Waals surface area contributed by atoms with Crippen molar-refractivity contribution in [1.29, 1.82) is 0 Å². The molecule has 0 amide bonds. The van der Waals surface area contributed by atoms with Crippen LogP contribution in [0.15, 0.2) is 0 Å². The lowest BCUT2D eigenvalue weighted by Gasteiger charge is -2.45. The molecule has 2 rings (SSSR count). The summed E-state index contributed by atoms with van der Waals surface area (Å²) in [6, 6.07) is 0.929. The summed E-state index contributed by atoms with van der Waals surface area (Å²) < 4.78 is 11.3. The molecule has 2 saturated heterocycles. The second kappa shape index (κ2) is 6.14. The lowest BCUT2D eigenvalue weighted by molar-refractivity contribution is -0.0859. The number of rotatable bonds is 3. The first kappa shape index (κ1) is 13.3. The van der Waals surface area contributed by atoms with Crippen LogP contribution < -0.4 is 5.73 Å². The van der Waals surface area contributed by atoms with Gasteiger partial charge in [-0.05, 0) is 32.6 Å². The van der Waals surface area contributed by atoms with Crippen LogP contribution in [-0.4, -0.2) is 56.0 Å². The highest BCUT2D eigenvalue weighted by Crippen LogP contribution is 2.25. The molecule has 0 saturated carbocycles. The molecule has 2 fully saturated rings. The van der Waals surface area contributed by atoms with Crippen molar-refractivity contribution < 1.29 is 9.47 Å². The highest BCUT2D eigenvalue weighted by atomic mass is 16.5. The zero-order valence-corrected chi connectivity index (χ0v) is 11.1. The molecule has 0 radical (unpaired) electrons. The van der Waals surface area contributed by atoms with Gasteiger partial charge in [0.1, 0.15) is 0 Å². The van der Waals surface area contributed by atoms with Crippen LogP contribution in [0.2, 0.25) is 0 Å². The van der Waals surface area contributed by atoms with Crippen molar-refractivity contribution in [2.75, 3.05) is 32.9 Å². The molecule has 100 valence electrons. The second-order valence-corrected chi connectivity index (χ2v) is 5.47. The van der Waals surface area contributed by atoms with E-state index in [1.54, 1.807) is 0 Å². The van der Waals surface area contributed by atoms with Gasteiger partial charge in [-0.1, -0.05) is 0 Å². The van der Waals surface area contributed by atoms with Gasteiger partial charge in [0.15, 0.2) is 0 Å². The van der Waals surface area contributed by atoms with Gasteiger partial charge in [-0.25, -0.2) is 0 Å². The summed E-state index contributed by atoms with van der Waals surface area (Å²) in [5.74, 6) is 0.599. The van der Waals surface area contributed by atoms with Crippen molar-refractivity contribution >= 4 is 0 Å². The summed E-state index contributed by atoms with van der Waals surface area (Å²) in [5, 5.41) is 0. The average molecular weight is 242 g/mol. The highest BCUT2D eigenvalue weighted by Gasteiger charge is 2.34. The normalized spacial score (nSPS) is 37.9. The molecule has 17 heavy (non-hydrogen) atoms. The van der Waals surface area contributed by atoms with Gasteiger partial charge >= 0.3 is 0 Å². The number of morpholine rings is 1. The Labute approximate surface area is 104 Å². The Hall–Kier alpha value is -0.160.